The number of hydrogen-bond acceptors (Lipinski definition) is 1. The SMILES string of the molecule is Fc1ccc(NC(=S)NC2(CCc3ccccc3)CCCC2)cc1Cl. The van der Waals surface area contributed by atoms with Crippen molar-refractivity contribution in [3.63, 3.8) is 0 Å². The third kappa shape index (κ3) is 4.93. The molecule has 1 aliphatic carbocycles. The number of halogens is 2. The molecule has 132 valence electrons. The number of aryl methyl sites for hydroxylation is 1. The van der Waals surface area contributed by atoms with Gasteiger partial charge in [-0.15, -0.1) is 0 Å². The zero-order valence-corrected chi connectivity index (χ0v) is 15.6. The maximum absolute atomic E-state index is 13.3. The average Bonchev–Trinajstić information content (AvgIpc) is 3.06. The largest absolute Gasteiger partial charge is 0.357 e. The number of nitrogens with one attached hydrogen (secondary N) is 2. The van der Waals surface area contributed by atoms with E-state index >= 15 is 0 Å². The number of thiocarbonyl (C=S) groups is 1. The van der Waals surface area contributed by atoms with Crippen LogP contribution >= 0.6 is 23.8 Å². The van der Waals surface area contributed by atoms with Gasteiger partial charge in [-0.1, -0.05) is 54.8 Å². The maximum atomic E-state index is 13.3. The van der Waals surface area contributed by atoms with Gasteiger partial charge in [0.2, 0.25) is 0 Å². The van der Waals surface area contributed by atoms with Crippen LogP contribution in [0.4, 0.5) is 10.1 Å². The van der Waals surface area contributed by atoms with Gasteiger partial charge in [-0.2, -0.15) is 0 Å². The molecule has 1 saturated carbocycles. The van der Waals surface area contributed by atoms with Crippen LogP contribution in [0.25, 0.3) is 0 Å². The van der Waals surface area contributed by atoms with E-state index in [1.165, 1.54) is 24.5 Å². The first-order valence-corrected chi connectivity index (χ1v) is 9.43. The van der Waals surface area contributed by atoms with Crippen molar-refractivity contribution in [2.45, 2.75) is 44.1 Å². The third-order valence-electron chi connectivity index (χ3n) is 4.85. The Labute approximate surface area is 158 Å². The van der Waals surface area contributed by atoms with Crippen LogP contribution in [-0.2, 0) is 6.42 Å². The summed E-state index contributed by atoms with van der Waals surface area (Å²) in [5.41, 5.74) is 2.07. The normalized spacial score (nSPS) is 15.8. The molecule has 0 radical (unpaired) electrons. The van der Waals surface area contributed by atoms with E-state index in [9.17, 15) is 4.39 Å². The molecule has 0 aliphatic heterocycles. The highest BCUT2D eigenvalue weighted by atomic mass is 35.5. The van der Waals surface area contributed by atoms with Crippen molar-refractivity contribution in [3.05, 3.63) is 64.9 Å². The first-order chi connectivity index (χ1) is 12.1. The molecule has 2 N–H and O–H groups in total. The van der Waals surface area contributed by atoms with Gasteiger partial charge in [-0.3, -0.25) is 0 Å². The van der Waals surface area contributed by atoms with E-state index in [0.29, 0.717) is 10.8 Å². The minimum Gasteiger partial charge on any atom is -0.357 e. The molecule has 2 nitrogen and oxygen atoms in total. The van der Waals surface area contributed by atoms with Crippen LogP contribution in [0.15, 0.2) is 48.5 Å². The summed E-state index contributed by atoms with van der Waals surface area (Å²) in [6.45, 7) is 0. The Morgan fingerprint density at radius 1 is 1.12 bits per heavy atom. The van der Waals surface area contributed by atoms with Crippen LogP contribution in [0.3, 0.4) is 0 Å². The minimum absolute atomic E-state index is 0.0315. The third-order valence-corrected chi connectivity index (χ3v) is 5.35. The lowest BCUT2D eigenvalue weighted by Gasteiger charge is -2.32. The molecule has 0 bridgehead atoms. The zero-order valence-electron chi connectivity index (χ0n) is 14.0. The summed E-state index contributed by atoms with van der Waals surface area (Å²) in [5.74, 6) is -0.429. The Morgan fingerprint density at radius 3 is 2.52 bits per heavy atom. The molecule has 5 heteroatoms. The predicted octanol–water partition coefficient (Wildman–Crippen LogP) is 5.71. The molecule has 0 aromatic heterocycles. The Balaban J connectivity index is 1.62. The van der Waals surface area contributed by atoms with Crippen molar-refractivity contribution in [1.82, 2.24) is 5.32 Å². The number of rotatable bonds is 5. The number of anilines is 1. The van der Waals surface area contributed by atoms with Gasteiger partial charge in [0.25, 0.3) is 0 Å². The van der Waals surface area contributed by atoms with Crippen LogP contribution < -0.4 is 10.6 Å². The van der Waals surface area contributed by atoms with E-state index in [0.717, 1.165) is 25.7 Å². The van der Waals surface area contributed by atoms with E-state index in [2.05, 4.69) is 34.9 Å². The fraction of sp³-hybridized carbons (Fsp3) is 0.350. The van der Waals surface area contributed by atoms with E-state index in [1.807, 2.05) is 6.07 Å². The van der Waals surface area contributed by atoms with Crippen LogP contribution in [0, 0.1) is 5.82 Å². The molecule has 3 rings (SSSR count). The van der Waals surface area contributed by atoms with Gasteiger partial charge in [0.05, 0.1) is 5.02 Å². The number of benzene rings is 2. The zero-order chi connectivity index (χ0) is 17.7. The fourth-order valence-corrected chi connectivity index (χ4v) is 4.01. The standard InChI is InChI=1S/C20H22ClFN2S/c21-17-14-16(8-9-18(17)22)23-19(25)24-20(11-4-5-12-20)13-10-15-6-2-1-3-7-15/h1-3,6-9,14H,4-5,10-13H2,(H2,23,24,25). The summed E-state index contributed by atoms with van der Waals surface area (Å²) in [7, 11) is 0. The Morgan fingerprint density at radius 2 is 1.84 bits per heavy atom. The summed E-state index contributed by atoms with van der Waals surface area (Å²) >= 11 is 11.3. The van der Waals surface area contributed by atoms with Gasteiger partial charge in [0.1, 0.15) is 5.82 Å². The second-order valence-electron chi connectivity index (χ2n) is 6.68. The fourth-order valence-electron chi connectivity index (χ4n) is 3.49. The van der Waals surface area contributed by atoms with Crippen molar-refractivity contribution in [3.8, 4) is 0 Å². The summed E-state index contributed by atoms with van der Waals surface area (Å²) < 4.78 is 13.3. The van der Waals surface area contributed by atoms with Gasteiger partial charge >= 0.3 is 0 Å². The van der Waals surface area contributed by atoms with Crippen LogP contribution in [0.1, 0.15) is 37.7 Å². The second kappa shape index (κ2) is 8.15. The molecule has 0 saturated heterocycles. The quantitative estimate of drug-likeness (QED) is 0.653. The van der Waals surface area contributed by atoms with Crippen LogP contribution in [0.2, 0.25) is 5.02 Å². The molecule has 0 unspecified atom stereocenters. The van der Waals surface area contributed by atoms with Gasteiger partial charge < -0.3 is 10.6 Å². The van der Waals surface area contributed by atoms with E-state index in [4.69, 9.17) is 23.8 Å². The van der Waals surface area contributed by atoms with Crippen molar-refractivity contribution < 1.29 is 4.39 Å². The van der Waals surface area contributed by atoms with E-state index < -0.39 is 5.82 Å². The molecule has 0 amide bonds. The van der Waals surface area contributed by atoms with Crippen molar-refractivity contribution >= 4 is 34.6 Å². The maximum Gasteiger partial charge on any atom is 0.171 e. The molecule has 0 atom stereocenters. The molecule has 2 aromatic rings. The predicted molar refractivity (Wildman–Crippen MR) is 107 cm³/mol. The first kappa shape index (κ1) is 18.2. The Hall–Kier alpha value is -1.65. The molecule has 0 spiro atoms. The molecule has 2 aromatic carbocycles. The summed E-state index contributed by atoms with van der Waals surface area (Å²) in [4.78, 5) is 0. The monoisotopic (exact) mass is 376 g/mol. The molecule has 25 heavy (non-hydrogen) atoms. The minimum atomic E-state index is -0.429. The van der Waals surface area contributed by atoms with Crippen molar-refractivity contribution in [2.75, 3.05) is 5.32 Å². The Kier molecular flexibility index (Phi) is 5.92. The lowest BCUT2D eigenvalue weighted by atomic mass is 9.89. The first-order valence-electron chi connectivity index (χ1n) is 8.65. The van der Waals surface area contributed by atoms with E-state index in [1.54, 1.807) is 12.1 Å². The molecular formula is C20H22ClFN2S. The van der Waals surface area contributed by atoms with Gasteiger partial charge in [-0.05, 0) is 61.7 Å². The highest BCUT2D eigenvalue weighted by Crippen LogP contribution is 2.34. The number of hydrogen-bond donors (Lipinski definition) is 2. The van der Waals surface area contributed by atoms with Crippen LogP contribution in [0.5, 0.6) is 0 Å². The molecular weight excluding hydrogens is 355 g/mol. The van der Waals surface area contributed by atoms with Crippen LogP contribution in [-0.4, -0.2) is 10.7 Å². The summed E-state index contributed by atoms with van der Waals surface area (Å²) in [5, 5.41) is 7.32. The second-order valence-corrected chi connectivity index (χ2v) is 7.50. The topological polar surface area (TPSA) is 24.1 Å². The molecule has 0 heterocycles. The average molecular weight is 377 g/mol. The molecule has 1 aliphatic rings. The summed E-state index contributed by atoms with van der Waals surface area (Å²) in [6.07, 6.45) is 6.74. The van der Waals surface area contributed by atoms with Gasteiger partial charge in [0.15, 0.2) is 5.11 Å². The van der Waals surface area contributed by atoms with Gasteiger partial charge in [-0.25, -0.2) is 4.39 Å². The molecule has 1 fully saturated rings. The Bertz CT molecular complexity index is 730. The van der Waals surface area contributed by atoms with Crippen molar-refractivity contribution in [1.29, 1.82) is 0 Å². The summed E-state index contributed by atoms with van der Waals surface area (Å²) in [6, 6.07) is 15.1. The van der Waals surface area contributed by atoms with E-state index in [-0.39, 0.29) is 10.6 Å². The lowest BCUT2D eigenvalue weighted by molar-refractivity contribution is 0.362. The highest BCUT2D eigenvalue weighted by molar-refractivity contribution is 7.80. The smallest absolute Gasteiger partial charge is 0.171 e. The lowest BCUT2D eigenvalue weighted by Crippen LogP contribution is -2.48. The van der Waals surface area contributed by atoms with Crippen molar-refractivity contribution in [2.24, 2.45) is 0 Å². The van der Waals surface area contributed by atoms with Gasteiger partial charge in [0, 0.05) is 11.2 Å². The highest BCUT2D eigenvalue weighted by Gasteiger charge is 2.34.